The van der Waals surface area contributed by atoms with Gasteiger partial charge in [-0.1, -0.05) is 38.3 Å². The molecule has 3 aliphatic heterocycles. The Morgan fingerprint density at radius 1 is 1.06 bits per heavy atom. The van der Waals surface area contributed by atoms with Crippen LogP contribution in [-0.2, 0) is 23.8 Å². The summed E-state index contributed by atoms with van der Waals surface area (Å²) in [6.45, 7) is 6.77. The average Bonchev–Trinajstić information content (AvgIpc) is 3.38. The Morgan fingerprint density at radius 3 is 2.65 bits per heavy atom. The van der Waals surface area contributed by atoms with Crippen molar-refractivity contribution in [1.29, 1.82) is 0 Å². The van der Waals surface area contributed by atoms with E-state index < -0.39 is 0 Å². The summed E-state index contributed by atoms with van der Waals surface area (Å²) in [5.41, 5.74) is 0. The van der Waals surface area contributed by atoms with Crippen molar-refractivity contribution in [3.05, 3.63) is 12.2 Å². The van der Waals surface area contributed by atoms with Crippen LogP contribution in [0, 0.1) is 11.8 Å². The SMILES string of the molecule is CCCCCCOCC1C2CCC(O2)C1C/C=C\CCN(O[C@@H]1CCCCO1)C(C)=O. The molecule has 6 heteroatoms. The van der Waals surface area contributed by atoms with E-state index in [2.05, 4.69) is 19.1 Å². The van der Waals surface area contributed by atoms with Crippen LogP contribution < -0.4 is 0 Å². The van der Waals surface area contributed by atoms with Gasteiger partial charge < -0.3 is 14.2 Å². The first-order chi connectivity index (χ1) is 15.2. The summed E-state index contributed by atoms with van der Waals surface area (Å²) in [7, 11) is 0. The summed E-state index contributed by atoms with van der Waals surface area (Å²) in [6, 6.07) is 0. The van der Waals surface area contributed by atoms with Crippen LogP contribution >= 0.6 is 0 Å². The van der Waals surface area contributed by atoms with Crippen LogP contribution in [0.5, 0.6) is 0 Å². The van der Waals surface area contributed by atoms with Gasteiger partial charge in [0.2, 0.25) is 5.91 Å². The number of amides is 1. The van der Waals surface area contributed by atoms with Gasteiger partial charge in [0.1, 0.15) is 0 Å². The molecular weight excluding hydrogens is 394 g/mol. The molecule has 0 aromatic heterocycles. The van der Waals surface area contributed by atoms with Crippen LogP contribution in [0.2, 0.25) is 0 Å². The molecule has 5 atom stereocenters. The minimum absolute atomic E-state index is 0.0692. The van der Waals surface area contributed by atoms with Gasteiger partial charge in [0.15, 0.2) is 6.29 Å². The molecular formula is C25H43NO5. The fourth-order valence-corrected chi connectivity index (χ4v) is 5.06. The van der Waals surface area contributed by atoms with Gasteiger partial charge in [-0.2, -0.15) is 0 Å². The zero-order chi connectivity index (χ0) is 21.9. The lowest BCUT2D eigenvalue weighted by atomic mass is 9.78. The largest absolute Gasteiger partial charge is 0.381 e. The number of hydrogen-bond acceptors (Lipinski definition) is 5. The van der Waals surface area contributed by atoms with E-state index in [9.17, 15) is 4.79 Å². The molecule has 3 fully saturated rings. The Labute approximate surface area is 188 Å². The molecule has 4 unspecified atom stereocenters. The van der Waals surface area contributed by atoms with Gasteiger partial charge >= 0.3 is 0 Å². The van der Waals surface area contributed by atoms with Crippen LogP contribution in [0.15, 0.2) is 12.2 Å². The van der Waals surface area contributed by atoms with Crippen LogP contribution in [0.4, 0.5) is 0 Å². The fourth-order valence-electron chi connectivity index (χ4n) is 5.06. The zero-order valence-electron chi connectivity index (χ0n) is 19.6. The first-order valence-electron chi connectivity index (χ1n) is 12.6. The minimum atomic E-state index is -0.282. The number of allylic oxidation sites excluding steroid dienone is 1. The molecule has 178 valence electrons. The molecule has 2 bridgehead atoms. The van der Waals surface area contributed by atoms with Gasteiger partial charge in [0.25, 0.3) is 0 Å². The van der Waals surface area contributed by atoms with Crippen molar-refractivity contribution in [3.8, 4) is 0 Å². The molecule has 31 heavy (non-hydrogen) atoms. The summed E-state index contributed by atoms with van der Waals surface area (Å²) < 4.78 is 17.8. The number of hydroxylamine groups is 2. The molecule has 0 aromatic carbocycles. The monoisotopic (exact) mass is 437 g/mol. The lowest BCUT2D eigenvalue weighted by Gasteiger charge is -2.28. The van der Waals surface area contributed by atoms with Crippen LogP contribution in [0.3, 0.4) is 0 Å². The second-order valence-corrected chi connectivity index (χ2v) is 9.27. The minimum Gasteiger partial charge on any atom is -0.381 e. The number of hydrogen-bond donors (Lipinski definition) is 0. The van der Waals surface area contributed by atoms with E-state index in [-0.39, 0.29) is 12.2 Å². The highest BCUT2D eigenvalue weighted by Gasteiger charge is 2.48. The number of fused-ring (bicyclic) bond motifs is 2. The molecule has 1 amide bonds. The number of carbonyl (C=O) groups is 1. The van der Waals surface area contributed by atoms with Gasteiger partial charge in [-0.15, -0.1) is 0 Å². The maximum Gasteiger partial charge on any atom is 0.243 e. The van der Waals surface area contributed by atoms with Crippen molar-refractivity contribution in [3.63, 3.8) is 0 Å². The average molecular weight is 438 g/mol. The van der Waals surface area contributed by atoms with Gasteiger partial charge in [-0.05, 0) is 50.9 Å². The molecule has 6 nitrogen and oxygen atoms in total. The van der Waals surface area contributed by atoms with E-state index >= 15 is 0 Å². The maximum atomic E-state index is 11.9. The van der Waals surface area contributed by atoms with E-state index in [0.717, 1.165) is 45.3 Å². The Morgan fingerprint density at radius 2 is 1.90 bits per heavy atom. The second kappa shape index (κ2) is 13.6. The third-order valence-electron chi connectivity index (χ3n) is 6.85. The Kier molecular flexibility index (Phi) is 10.8. The van der Waals surface area contributed by atoms with Gasteiger partial charge in [-0.3, -0.25) is 4.79 Å². The van der Waals surface area contributed by atoms with E-state index in [1.54, 1.807) is 6.92 Å². The number of unbranched alkanes of at least 4 members (excludes halogenated alkanes) is 3. The predicted molar refractivity (Wildman–Crippen MR) is 120 cm³/mol. The first kappa shape index (κ1) is 24.7. The topological polar surface area (TPSA) is 57.2 Å². The summed E-state index contributed by atoms with van der Waals surface area (Å²) in [6.07, 6.45) is 17.1. The number of rotatable bonds is 14. The normalized spacial score (nSPS) is 30.3. The van der Waals surface area contributed by atoms with E-state index in [1.165, 1.54) is 43.6 Å². The molecule has 3 aliphatic rings. The van der Waals surface area contributed by atoms with Crippen molar-refractivity contribution in [2.75, 3.05) is 26.4 Å². The van der Waals surface area contributed by atoms with Gasteiger partial charge in [0.05, 0.1) is 25.4 Å². The molecule has 0 spiro atoms. The molecule has 3 heterocycles. The van der Waals surface area contributed by atoms with E-state index in [4.69, 9.17) is 19.0 Å². The third-order valence-corrected chi connectivity index (χ3v) is 6.85. The molecule has 0 aromatic rings. The van der Waals surface area contributed by atoms with E-state index in [0.29, 0.717) is 37.2 Å². The molecule has 0 saturated carbocycles. The number of carbonyl (C=O) groups excluding carboxylic acids is 1. The summed E-state index contributed by atoms with van der Waals surface area (Å²) in [5, 5.41) is 1.45. The molecule has 0 radical (unpaired) electrons. The zero-order valence-corrected chi connectivity index (χ0v) is 19.6. The fraction of sp³-hybridized carbons (Fsp3) is 0.880. The van der Waals surface area contributed by atoms with Crippen molar-refractivity contribution in [2.24, 2.45) is 11.8 Å². The van der Waals surface area contributed by atoms with Crippen LogP contribution in [-0.4, -0.2) is 55.8 Å². The summed E-state index contributed by atoms with van der Waals surface area (Å²) in [5.74, 6) is 1.01. The van der Waals surface area contributed by atoms with Gasteiger partial charge in [0, 0.05) is 32.5 Å². The summed E-state index contributed by atoms with van der Waals surface area (Å²) in [4.78, 5) is 17.7. The molecule has 0 N–H and O–H groups in total. The van der Waals surface area contributed by atoms with Crippen molar-refractivity contribution < 1.29 is 23.8 Å². The first-order valence-corrected chi connectivity index (χ1v) is 12.6. The smallest absolute Gasteiger partial charge is 0.243 e. The van der Waals surface area contributed by atoms with E-state index in [1.807, 2.05) is 0 Å². The highest BCUT2D eigenvalue weighted by Crippen LogP contribution is 2.45. The molecule has 3 saturated heterocycles. The third kappa shape index (κ3) is 7.85. The second-order valence-electron chi connectivity index (χ2n) is 9.27. The Hall–Kier alpha value is -0.950. The van der Waals surface area contributed by atoms with Gasteiger partial charge in [-0.25, -0.2) is 9.90 Å². The predicted octanol–water partition coefficient (Wildman–Crippen LogP) is 5.02. The highest BCUT2D eigenvalue weighted by molar-refractivity contribution is 5.71. The standard InChI is InChI=1S/C25H43NO5/c1-3-4-5-10-17-28-19-22-21(23-14-15-24(22)30-23)12-7-6-9-16-26(20(2)27)31-25-13-8-11-18-29-25/h6-7,21-25H,3-5,8-19H2,1-2H3/b7-6-/t21?,22?,23?,24?,25-/m1/s1. The van der Waals surface area contributed by atoms with Crippen molar-refractivity contribution >= 4 is 5.91 Å². The molecule has 0 aliphatic carbocycles. The van der Waals surface area contributed by atoms with Crippen molar-refractivity contribution in [2.45, 2.75) is 103 Å². The number of ether oxygens (including phenoxy) is 3. The van der Waals surface area contributed by atoms with Crippen molar-refractivity contribution in [1.82, 2.24) is 5.06 Å². The van der Waals surface area contributed by atoms with Crippen LogP contribution in [0.25, 0.3) is 0 Å². The lowest BCUT2D eigenvalue weighted by molar-refractivity contribution is -0.278. The Bertz CT molecular complexity index is 548. The maximum absolute atomic E-state index is 11.9. The Balaban J connectivity index is 1.36. The van der Waals surface area contributed by atoms with Crippen LogP contribution in [0.1, 0.15) is 84.5 Å². The molecule has 3 rings (SSSR count). The summed E-state index contributed by atoms with van der Waals surface area (Å²) >= 11 is 0. The quantitative estimate of drug-likeness (QED) is 0.217. The number of nitrogens with zero attached hydrogens (tertiary/aromatic N) is 1. The lowest BCUT2D eigenvalue weighted by Crippen LogP contribution is -2.36. The highest BCUT2D eigenvalue weighted by atomic mass is 16.8.